The zero-order valence-corrected chi connectivity index (χ0v) is 14.8. The van der Waals surface area contributed by atoms with Crippen LogP contribution < -0.4 is 0 Å². The lowest BCUT2D eigenvalue weighted by molar-refractivity contribution is 0.0364. The van der Waals surface area contributed by atoms with Crippen LogP contribution in [0.15, 0.2) is 53.3 Å². The van der Waals surface area contributed by atoms with Crippen LogP contribution in [0, 0.1) is 0 Å². The van der Waals surface area contributed by atoms with Crippen molar-refractivity contribution < 1.29 is 14.1 Å². The monoisotopic (exact) mass is 368 g/mol. The van der Waals surface area contributed by atoms with Gasteiger partial charge in [0.05, 0.1) is 0 Å². The van der Waals surface area contributed by atoms with Gasteiger partial charge in [0.15, 0.2) is 11.8 Å². The maximum Gasteiger partial charge on any atom is 0.361 e. The second kappa shape index (κ2) is 7.30. The Hall–Kier alpha value is -2.66. The minimum atomic E-state index is -0.593. The minimum absolute atomic E-state index is 0.280. The minimum Gasteiger partial charge on any atom is -0.448 e. The fourth-order valence-corrected chi connectivity index (χ4v) is 3.33. The quantitative estimate of drug-likeness (QED) is 0.632. The zero-order valence-electron chi connectivity index (χ0n) is 14.0. The van der Waals surface area contributed by atoms with Gasteiger partial charge < -0.3 is 9.26 Å². The highest BCUT2D eigenvalue weighted by Crippen LogP contribution is 2.30. The van der Waals surface area contributed by atoms with Crippen molar-refractivity contribution in [1.29, 1.82) is 0 Å². The van der Waals surface area contributed by atoms with E-state index < -0.39 is 12.1 Å². The number of benzene rings is 1. The number of aromatic nitrogens is 2. The van der Waals surface area contributed by atoms with Crippen molar-refractivity contribution >= 4 is 17.6 Å². The van der Waals surface area contributed by atoms with Gasteiger partial charge in [-0.25, -0.2) is 4.79 Å². The third kappa shape index (κ3) is 3.35. The van der Waals surface area contributed by atoms with Gasteiger partial charge in [0.1, 0.15) is 5.76 Å². The molecule has 3 aromatic rings. The van der Waals surface area contributed by atoms with Crippen molar-refractivity contribution in [3.05, 3.63) is 82.0 Å². The van der Waals surface area contributed by atoms with E-state index in [1.807, 2.05) is 24.3 Å². The first-order valence-corrected chi connectivity index (χ1v) is 8.94. The average Bonchev–Trinajstić information content (AvgIpc) is 3.12. The summed E-state index contributed by atoms with van der Waals surface area (Å²) in [7, 11) is 0. The summed E-state index contributed by atoms with van der Waals surface area (Å²) in [5, 5.41) is 4.59. The molecule has 0 bridgehead atoms. The van der Waals surface area contributed by atoms with Crippen LogP contribution >= 0.6 is 11.6 Å². The number of pyridine rings is 1. The van der Waals surface area contributed by atoms with E-state index in [1.165, 1.54) is 0 Å². The van der Waals surface area contributed by atoms with Gasteiger partial charge in [0.25, 0.3) is 0 Å². The number of hydrogen-bond acceptors (Lipinski definition) is 5. The molecule has 1 aliphatic rings. The highest BCUT2D eigenvalue weighted by molar-refractivity contribution is 6.30. The van der Waals surface area contributed by atoms with Crippen LogP contribution in [0.4, 0.5) is 0 Å². The van der Waals surface area contributed by atoms with Gasteiger partial charge in [-0.3, -0.25) is 4.98 Å². The second-order valence-corrected chi connectivity index (χ2v) is 6.70. The molecule has 0 N–H and O–H groups in total. The highest BCUT2D eigenvalue weighted by Gasteiger charge is 2.28. The summed E-state index contributed by atoms with van der Waals surface area (Å²) >= 11 is 5.99. The number of rotatable bonds is 4. The molecule has 6 heteroatoms. The molecule has 0 fully saturated rings. The SMILES string of the molecule is O=C(OC(c1ccc(Cl)cc1)c1cccnc1)c1noc2c1CCCC2. The molecule has 132 valence electrons. The van der Waals surface area contributed by atoms with Crippen LogP contribution in [0.25, 0.3) is 0 Å². The zero-order chi connectivity index (χ0) is 17.9. The lowest BCUT2D eigenvalue weighted by Crippen LogP contribution is -2.15. The summed E-state index contributed by atoms with van der Waals surface area (Å²) in [6.07, 6.45) is 6.46. The molecule has 0 saturated heterocycles. The molecular weight excluding hydrogens is 352 g/mol. The number of hydrogen-bond donors (Lipinski definition) is 0. The number of esters is 1. The van der Waals surface area contributed by atoms with Crippen molar-refractivity contribution in [2.75, 3.05) is 0 Å². The largest absolute Gasteiger partial charge is 0.448 e. The maximum absolute atomic E-state index is 12.8. The van der Waals surface area contributed by atoms with Gasteiger partial charge in [-0.05, 0) is 43.0 Å². The Kier molecular flexibility index (Phi) is 4.71. The summed E-state index contributed by atoms with van der Waals surface area (Å²) in [5.41, 5.74) is 2.75. The topological polar surface area (TPSA) is 65.2 Å². The summed E-state index contributed by atoms with van der Waals surface area (Å²) in [4.78, 5) is 16.9. The van der Waals surface area contributed by atoms with Crippen molar-refractivity contribution in [1.82, 2.24) is 10.1 Å². The number of ether oxygens (including phenoxy) is 1. The standard InChI is InChI=1S/C20H17ClN2O3/c21-15-9-7-13(8-10-15)19(14-4-3-11-22-12-14)25-20(24)18-16-5-1-2-6-17(16)26-23-18/h3-4,7-12,19H,1-2,5-6H2. The Balaban J connectivity index is 1.65. The molecule has 0 amide bonds. The Morgan fingerprint density at radius 3 is 2.69 bits per heavy atom. The third-order valence-electron chi connectivity index (χ3n) is 4.53. The summed E-state index contributed by atoms with van der Waals surface area (Å²) in [5.74, 6) is 0.313. The maximum atomic E-state index is 12.8. The summed E-state index contributed by atoms with van der Waals surface area (Å²) in [6.45, 7) is 0. The number of fused-ring (bicyclic) bond motifs is 1. The van der Waals surface area contributed by atoms with Crippen molar-refractivity contribution in [3.63, 3.8) is 0 Å². The van der Waals surface area contributed by atoms with E-state index in [0.717, 1.165) is 48.1 Å². The van der Waals surface area contributed by atoms with Crippen LogP contribution in [0.2, 0.25) is 5.02 Å². The number of carbonyl (C=O) groups excluding carboxylic acids is 1. The van der Waals surface area contributed by atoms with Gasteiger partial charge in [-0.15, -0.1) is 0 Å². The van der Waals surface area contributed by atoms with E-state index in [0.29, 0.717) is 5.02 Å². The Morgan fingerprint density at radius 2 is 1.92 bits per heavy atom. The van der Waals surface area contributed by atoms with E-state index in [9.17, 15) is 4.79 Å². The van der Waals surface area contributed by atoms with Crippen LogP contribution in [0.1, 0.15) is 51.9 Å². The second-order valence-electron chi connectivity index (χ2n) is 6.26. The lowest BCUT2D eigenvalue weighted by Gasteiger charge is -2.18. The first-order valence-electron chi connectivity index (χ1n) is 8.56. The Labute approximate surface area is 155 Å². The molecule has 4 rings (SSSR count). The van der Waals surface area contributed by atoms with Crippen molar-refractivity contribution in [3.8, 4) is 0 Å². The van der Waals surface area contributed by atoms with E-state index in [4.69, 9.17) is 20.9 Å². The molecule has 0 spiro atoms. The van der Waals surface area contributed by atoms with Gasteiger partial charge in [-0.1, -0.05) is 35.0 Å². The molecular formula is C20H17ClN2O3. The van der Waals surface area contributed by atoms with Crippen molar-refractivity contribution in [2.45, 2.75) is 31.8 Å². The molecule has 0 saturated carbocycles. The smallest absolute Gasteiger partial charge is 0.361 e. The Bertz CT molecular complexity index is 907. The third-order valence-corrected chi connectivity index (χ3v) is 4.78. The first-order chi connectivity index (χ1) is 12.7. The number of nitrogens with zero attached hydrogens (tertiary/aromatic N) is 2. The van der Waals surface area contributed by atoms with Gasteiger partial charge in [-0.2, -0.15) is 0 Å². The normalized spacial score (nSPS) is 14.5. The van der Waals surface area contributed by atoms with Gasteiger partial charge in [0.2, 0.25) is 0 Å². The van der Waals surface area contributed by atoms with Gasteiger partial charge >= 0.3 is 5.97 Å². The fraction of sp³-hybridized carbons (Fsp3) is 0.250. The molecule has 1 aliphatic carbocycles. The molecule has 2 heterocycles. The molecule has 1 atom stereocenters. The molecule has 26 heavy (non-hydrogen) atoms. The van der Waals surface area contributed by atoms with E-state index in [1.54, 1.807) is 24.5 Å². The summed E-state index contributed by atoms with van der Waals surface area (Å²) < 4.78 is 11.2. The number of halogens is 1. The molecule has 1 aromatic carbocycles. The lowest BCUT2D eigenvalue weighted by atomic mass is 9.96. The molecule has 0 radical (unpaired) electrons. The molecule has 5 nitrogen and oxygen atoms in total. The Morgan fingerprint density at radius 1 is 1.12 bits per heavy atom. The average molecular weight is 369 g/mol. The van der Waals surface area contributed by atoms with Gasteiger partial charge in [0, 0.05) is 35.0 Å². The predicted molar refractivity (Wildman–Crippen MR) is 96.1 cm³/mol. The summed E-state index contributed by atoms with van der Waals surface area (Å²) in [6, 6.07) is 10.9. The highest BCUT2D eigenvalue weighted by atomic mass is 35.5. The molecule has 1 unspecified atom stereocenters. The van der Waals surface area contributed by atoms with E-state index in [-0.39, 0.29) is 5.69 Å². The van der Waals surface area contributed by atoms with E-state index in [2.05, 4.69) is 10.1 Å². The number of aryl methyl sites for hydroxylation is 1. The first kappa shape index (κ1) is 16.8. The van der Waals surface area contributed by atoms with Crippen molar-refractivity contribution in [2.24, 2.45) is 0 Å². The van der Waals surface area contributed by atoms with Crippen LogP contribution in [0.5, 0.6) is 0 Å². The van der Waals surface area contributed by atoms with Crippen LogP contribution in [-0.4, -0.2) is 16.1 Å². The number of carbonyl (C=O) groups is 1. The van der Waals surface area contributed by atoms with Crippen LogP contribution in [0.3, 0.4) is 0 Å². The predicted octanol–water partition coefficient (Wildman–Crippen LogP) is 4.55. The fourth-order valence-electron chi connectivity index (χ4n) is 3.21. The van der Waals surface area contributed by atoms with E-state index >= 15 is 0 Å². The van der Waals surface area contributed by atoms with Crippen LogP contribution in [-0.2, 0) is 17.6 Å². The molecule has 2 aromatic heterocycles. The molecule has 0 aliphatic heterocycles.